The topological polar surface area (TPSA) is 102 Å². The number of fused-ring (bicyclic) bond motifs is 3. The van der Waals surface area contributed by atoms with Crippen molar-refractivity contribution in [3.63, 3.8) is 0 Å². The number of carbonyl (C=O) groups excluding carboxylic acids is 2. The maximum Gasteiger partial charge on any atom is 0.276 e. The van der Waals surface area contributed by atoms with Crippen molar-refractivity contribution >= 4 is 28.8 Å². The van der Waals surface area contributed by atoms with Crippen LogP contribution in [0.3, 0.4) is 0 Å². The number of ether oxygens (including phenoxy) is 1. The molecular formula is C30H30N6O3S. The monoisotopic (exact) mass is 554 g/mol. The average molecular weight is 555 g/mol. The highest BCUT2D eigenvalue weighted by atomic mass is 32.1. The van der Waals surface area contributed by atoms with Crippen molar-refractivity contribution in [3.05, 3.63) is 71.0 Å². The van der Waals surface area contributed by atoms with E-state index in [4.69, 9.17) is 9.72 Å². The van der Waals surface area contributed by atoms with Crippen molar-refractivity contribution in [1.82, 2.24) is 25.1 Å². The molecule has 7 rings (SSSR count). The number of pyridine rings is 1. The molecule has 2 aliphatic heterocycles. The number of nitrogens with one attached hydrogen (secondary N) is 1. The first-order valence-electron chi connectivity index (χ1n) is 13.9. The number of para-hydroxylation sites is 1. The maximum absolute atomic E-state index is 14.0. The SMILES string of the molecule is O=C(NC1CC1)c1cc2c(s1)-c1ccccc1N(C(=O)c1cccc(-c3nncn3CC3CCOCC3)n1)CC2. The number of carbonyl (C=O) groups is 2. The zero-order valence-electron chi connectivity index (χ0n) is 22.1. The normalized spacial score (nSPS) is 17.1. The van der Waals surface area contributed by atoms with Crippen molar-refractivity contribution in [1.29, 1.82) is 0 Å². The van der Waals surface area contributed by atoms with Gasteiger partial charge in [-0.1, -0.05) is 24.3 Å². The predicted octanol–water partition coefficient (Wildman–Crippen LogP) is 4.59. The van der Waals surface area contributed by atoms with E-state index in [0.29, 0.717) is 42.1 Å². The van der Waals surface area contributed by atoms with Gasteiger partial charge in [0.2, 0.25) is 0 Å². The largest absolute Gasteiger partial charge is 0.381 e. The molecule has 4 aromatic rings. The number of rotatable bonds is 6. The standard InChI is InChI=1S/C30H30N6O3S/c37-29(32-21-8-9-21)26-16-20-10-13-36(25-7-2-1-4-22(25)27(20)40-26)30(38)24-6-3-5-23(33-24)28-34-31-18-35(28)17-19-11-14-39-15-12-19/h1-7,16,18-19,21H,8-15,17H2,(H,32,37). The molecule has 9 nitrogen and oxygen atoms in total. The van der Waals surface area contributed by atoms with E-state index >= 15 is 0 Å². The van der Waals surface area contributed by atoms with Crippen LogP contribution < -0.4 is 10.2 Å². The van der Waals surface area contributed by atoms with Crippen LogP contribution in [0.5, 0.6) is 0 Å². The lowest BCUT2D eigenvalue weighted by Crippen LogP contribution is -2.33. The number of hydrogen-bond donors (Lipinski definition) is 1. The van der Waals surface area contributed by atoms with Crippen molar-refractivity contribution in [2.24, 2.45) is 5.92 Å². The Hall–Kier alpha value is -3.89. The minimum atomic E-state index is -0.161. The Bertz CT molecular complexity index is 1570. The van der Waals surface area contributed by atoms with E-state index in [1.807, 2.05) is 51.9 Å². The first-order valence-corrected chi connectivity index (χ1v) is 14.7. The fraction of sp³-hybridized carbons (Fsp3) is 0.367. The first-order chi connectivity index (χ1) is 19.6. The maximum atomic E-state index is 14.0. The quantitative estimate of drug-likeness (QED) is 0.374. The summed E-state index contributed by atoms with van der Waals surface area (Å²) in [4.78, 5) is 35.1. The van der Waals surface area contributed by atoms with E-state index in [-0.39, 0.29) is 11.8 Å². The number of thiophene rings is 1. The van der Waals surface area contributed by atoms with Crippen LogP contribution in [-0.4, -0.2) is 57.4 Å². The number of amides is 2. The summed E-state index contributed by atoms with van der Waals surface area (Å²) in [5.74, 6) is 1.00. The molecule has 3 aromatic heterocycles. The van der Waals surface area contributed by atoms with Crippen LogP contribution in [0, 0.1) is 5.92 Å². The van der Waals surface area contributed by atoms with Gasteiger partial charge in [-0.25, -0.2) is 4.98 Å². The first kappa shape index (κ1) is 25.1. The molecule has 10 heteroatoms. The van der Waals surface area contributed by atoms with Crippen molar-refractivity contribution < 1.29 is 14.3 Å². The summed E-state index contributed by atoms with van der Waals surface area (Å²) in [5, 5.41) is 11.6. The molecule has 0 bridgehead atoms. The lowest BCUT2D eigenvalue weighted by Gasteiger charge is -2.23. The fourth-order valence-electron chi connectivity index (χ4n) is 5.51. The van der Waals surface area contributed by atoms with Gasteiger partial charge in [0, 0.05) is 42.8 Å². The highest BCUT2D eigenvalue weighted by molar-refractivity contribution is 7.17. The minimum Gasteiger partial charge on any atom is -0.381 e. The van der Waals surface area contributed by atoms with Gasteiger partial charge in [0.15, 0.2) is 5.82 Å². The number of benzene rings is 1. The Morgan fingerprint density at radius 3 is 2.75 bits per heavy atom. The molecule has 5 heterocycles. The van der Waals surface area contributed by atoms with Crippen LogP contribution in [0.4, 0.5) is 5.69 Å². The Balaban J connectivity index is 1.16. The smallest absolute Gasteiger partial charge is 0.276 e. The van der Waals surface area contributed by atoms with Gasteiger partial charge in [-0.2, -0.15) is 0 Å². The van der Waals surface area contributed by atoms with Gasteiger partial charge < -0.3 is 19.5 Å². The molecule has 1 saturated heterocycles. The molecule has 3 aliphatic rings. The Morgan fingerprint density at radius 2 is 1.90 bits per heavy atom. The van der Waals surface area contributed by atoms with E-state index in [2.05, 4.69) is 15.5 Å². The molecule has 2 amide bonds. The zero-order chi connectivity index (χ0) is 27.1. The highest BCUT2D eigenvalue weighted by Gasteiger charge is 2.30. The third-order valence-electron chi connectivity index (χ3n) is 7.84. The second-order valence-electron chi connectivity index (χ2n) is 10.7. The van der Waals surface area contributed by atoms with Gasteiger partial charge in [-0.15, -0.1) is 21.5 Å². The van der Waals surface area contributed by atoms with Gasteiger partial charge >= 0.3 is 0 Å². The molecule has 1 saturated carbocycles. The lowest BCUT2D eigenvalue weighted by molar-refractivity contribution is 0.0613. The van der Waals surface area contributed by atoms with Gasteiger partial charge in [0.25, 0.3) is 11.8 Å². The zero-order valence-corrected chi connectivity index (χ0v) is 22.9. The fourth-order valence-corrected chi connectivity index (χ4v) is 6.66. The number of nitrogens with zero attached hydrogens (tertiary/aromatic N) is 5. The van der Waals surface area contributed by atoms with E-state index in [0.717, 1.165) is 72.0 Å². The number of hydrogen-bond acceptors (Lipinski definition) is 7. The summed E-state index contributed by atoms with van der Waals surface area (Å²) in [6, 6.07) is 15.7. The number of anilines is 1. The summed E-state index contributed by atoms with van der Waals surface area (Å²) in [6.45, 7) is 2.86. The van der Waals surface area contributed by atoms with Gasteiger partial charge in [-0.05, 0) is 67.9 Å². The second kappa shape index (κ2) is 10.6. The molecule has 0 spiro atoms. The number of aromatic nitrogens is 4. The van der Waals surface area contributed by atoms with E-state index in [1.165, 1.54) is 11.3 Å². The molecule has 2 fully saturated rings. The third kappa shape index (κ3) is 4.93. The van der Waals surface area contributed by atoms with Crippen LogP contribution in [0.2, 0.25) is 0 Å². The van der Waals surface area contributed by atoms with Gasteiger partial charge in [0.05, 0.1) is 10.6 Å². The summed E-state index contributed by atoms with van der Waals surface area (Å²) in [6.07, 6.45) is 6.53. The summed E-state index contributed by atoms with van der Waals surface area (Å²) in [7, 11) is 0. The van der Waals surface area contributed by atoms with E-state index in [1.54, 1.807) is 12.4 Å². The molecular weight excluding hydrogens is 524 g/mol. The molecule has 40 heavy (non-hydrogen) atoms. The lowest BCUT2D eigenvalue weighted by atomic mass is 10.0. The van der Waals surface area contributed by atoms with Crippen LogP contribution in [0.15, 0.2) is 54.9 Å². The van der Waals surface area contributed by atoms with Crippen LogP contribution in [0.1, 0.15) is 51.4 Å². The van der Waals surface area contributed by atoms with Crippen molar-refractivity contribution in [2.75, 3.05) is 24.7 Å². The molecule has 0 radical (unpaired) electrons. The molecule has 204 valence electrons. The molecule has 0 unspecified atom stereocenters. The average Bonchev–Trinajstić information content (AvgIpc) is 3.55. The summed E-state index contributed by atoms with van der Waals surface area (Å²) in [5.41, 5.74) is 3.88. The molecule has 1 aliphatic carbocycles. The Kier molecular flexibility index (Phi) is 6.65. The predicted molar refractivity (Wildman–Crippen MR) is 152 cm³/mol. The van der Waals surface area contributed by atoms with Crippen LogP contribution >= 0.6 is 11.3 Å². The van der Waals surface area contributed by atoms with Gasteiger partial charge in [0.1, 0.15) is 17.7 Å². The van der Waals surface area contributed by atoms with Crippen LogP contribution in [-0.2, 0) is 17.7 Å². The second-order valence-corrected chi connectivity index (χ2v) is 11.8. The molecule has 1 aromatic carbocycles. The third-order valence-corrected chi connectivity index (χ3v) is 9.05. The Morgan fingerprint density at radius 1 is 1.05 bits per heavy atom. The molecule has 1 N–H and O–H groups in total. The van der Waals surface area contributed by atoms with Gasteiger partial charge in [-0.3, -0.25) is 9.59 Å². The van der Waals surface area contributed by atoms with E-state index < -0.39 is 0 Å². The summed E-state index contributed by atoms with van der Waals surface area (Å²) >= 11 is 1.50. The summed E-state index contributed by atoms with van der Waals surface area (Å²) < 4.78 is 7.53. The van der Waals surface area contributed by atoms with E-state index in [9.17, 15) is 9.59 Å². The minimum absolute atomic E-state index is 0.00308. The highest BCUT2D eigenvalue weighted by Crippen LogP contribution is 2.42. The van der Waals surface area contributed by atoms with Crippen molar-refractivity contribution in [3.8, 4) is 22.0 Å². The Labute approximate surface area is 236 Å². The van der Waals surface area contributed by atoms with Crippen molar-refractivity contribution in [2.45, 2.75) is 44.7 Å². The molecule has 0 atom stereocenters. The van der Waals surface area contributed by atoms with Crippen LogP contribution in [0.25, 0.3) is 22.0 Å².